The fourth-order valence-electron chi connectivity index (χ4n) is 2.19. The number of benzene rings is 1. The number of carbonyl (C=O) groups is 1. The van der Waals surface area contributed by atoms with E-state index >= 15 is 0 Å². The van der Waals surface area contributed by atoms with Gasteiger partial charge in [0.15, 0.2) is 0 Å². The Hall–Kier alpha value is -1.64. The minimum absolute atomic E-state index is 0.00379. The molecule has 1 unspecified atom stereocenters. The van der Waals surface area contributed by atoms with Gasteiger partial charge in [-0.25, -0.2) is 8.42 Å². The molecule has 0 radical (unpaired) electrons. The van der Waals surface area contributed by atoms with Gasteiger partial charge in [0.2, 0.25) is 10.0 Å². The van der Waals surface area contributed by atoms with Crippen molar-refractivity contribution in [1.82, 2.24) is 4.31 Å². The number of hydrogen-bond donors (Lipinski definition) is 1. The van der Waals surface area contributed by atoms with Gasteiger partial charge in [-0.2, -0.15) is 4.31 Å². The molecule has 116 valence electrons. The van der Waals surface area contributed by atoms with Crippen LogP contribution in [-0.2, 0) is 30.0 Å². The van der Waals surface area contributed by atoms with Gasteiger partial charge in [-0.3, -0.25) is 4.79 Å². The number of methoxy groups -OCH3 is 1. The maximum atomic E-state index is 12.5. The van der Waals surface area contributed by atoms with Gasteiger partial charge >= 0.3 is 5.97 Å². The fraction of sp³-hybridized carbons (Fsp3) is 0.462. The van der Waals surface area contributed by atoms with E-state index in [-0.39, 0.29) is 25.5 Å². The number of nitrogen functional groups attached to an aromatic ring is 1. The summed E-state index contributed by atoms with van der Waals surface area (Å²) in [6, 6.07) is 5.80. The predicted octanol–water partition coefficient (Wildman–Crippen LogP) is -0.0276. The molecule has 0 aliphatic carbocycles. The molecule has 1 heterocycles. The van der Waals surface area contributed by atoms with E-state index in [9.17, 15) is 13.2 Å². The van der Waals surface area contributed by atoms with Crippen LogP contribution in [0.3, 0.4) is 0 Å². The van der Waals surface area contributed by atoms with Crippen LogP contribution in [0.5, 0.6) is 0 Å². The fourth-order valence-corrected chi connectivity index (χ4v) is 3.90. The van der Waals surface area contributed by atoms with E-state index in [1.54, 1.807) is 24.3 Å². The molecule has 7 nitrogen and oxygen atoms in total. The standard InChI is InChI=1S/C13H18N2O5S/c1-19-13(16)12-8-20-7-6-15(12)21(17,18)9-10-4-2-3-5-11(10)14/h2-5,12H,6-9,14H2,1H3. The Morgan fingerprint density at radius 1 is 1.48 bits per heavy atom. The summed E-state index contributed by atoms with van der Waals surface area (Å²) in [5.74, 6) is -0.882. The molecule has 1 aromatic carbocycles. The summed E-state index contributed by atoms with van der Waals surface area (Å²) in [6.07, 6.45) is 0. The Kier molecular flexibility index (Phi) is 4.81. The van der Waals surface area contributed by atoms with E-state index in [1.807, 2.05) is 0 Å². The number of rotatable bonds is 4. The molecule has 0 spiro atoms. The third kappa shape index (κ3) is 3.52. The first-order valence-electron chi connectivity index (χ1n) is 6.44. The highest BCUT2D eigenvalue weighted by molar-refractivity contribution is 7.88. The van der Waals surface area contributed by atoms with Crippen molar-refractivity contribution in [3.63, 3.8) is 0 Å². The van der Waals surface area contributed by atoms with Crippen molar-refractivity contribution < 1.29 is 22.7 Å². The van der Waals surface area contributed by atoms with Gasteiger partial charge < -0.3 is 15.2 Å². The van der Waals surface area contributed by atoms with Gasteiger partial charge in [0.1, 0.15) is 6.04 Å². The SMILES string of the molecule is COC(=O)C1COCCN1S(=O)(=O)Cc1ccccc1N. The van der Waals surface area contributed by atoms with Gasteiger partial charge in [-0.05, 0) is 11.6 Å². The molecule has 1 aliphatic rings. The largest absolute Gasteiger partial charge is 0.468 e. The smallest absolute Gasteiger partial charge is 0.326 e. The Labute approximate surface area is 123 Å². The average molecular weight is 314 g/mol. The van der Waals surface area contributed by atoms with Crippen LogP contribution in [0.15, 0.2) is 24.3 Å². The number of carbonyl (C=O) groups excluding carboxylic acids is 1. The molecule has 2 rings (SSSR count). The summed E-state index contributed by atoms with van der Waals surface area (Å²) in [5.41, 5.74) is 6.69. The monoisotopic (exact) mass is 314 g/mol. The summed E-state index contributed by atoms with van der Waals surface area (Å²) in [6.45, 7) is 0.363. The molecule has 1 aromatic rings. The maximum absolute atomic E-state index is 12.5. The van der Waals surface area contributed by atoms with E-state index in [2.05, 4.69) is 4.74 Å². The second-order valence-electron chi connectivity index (χ2n) is 4.68. The number of nitrogens with zero attached hydrogens (tertiary/aromatic N) is 1. The highest BCUT2D eigenvalue weighted by Crippen LogP contribution is 2.20. The van der Waals surface area contributed by atoms with Crippen molar-refractivity contribution in [3.8, 4) is 0 Å². The molecule has 0 bridgehead atoms. The Bertz CT molecular complexity index is 617. The first kappa shape index (κ1) is 15.7. The van der Waals surface area contributed by atoms with Gasteiger partial charge in [-0.1, -0.05) is 18.2 Å². The van der Waals surface area contributed by atoms with Gasteiger partial charge in [0, 0.05) is 12.2 Å². The lowest BCUT2D eigenvalue weighted by atomic mass is 10.2. The molecule has 21 heavy (non-hydrogen) atoms. The number of ether oxygens (including phenoxy) is 2. The molecule has 1 saturated heterocycles. The summed E-state index contributed by atoms with van der Waals surface area (Å²) in [7, 11) is -2.47. The van der Waals surface area contributed by atoms with Gasteiger partial charge in [0.25, 0.3) is 0 Å². The lowest BCUT2D eigenvalue weighted by Crippen LogP contribution is -2.53. The minimum atomic E-state index is -3.69. The first-order chi connectivity index (χ1) is 9.95. The van der Waals surface area contributed by atoms with Crippen molar-refractivity contribution >= 4 is 21.7 Å². The predicted molar refractivity (Wildman–Crippen MR) is 76.8 cm³/mol. The second kappa shape index (κ2) is 6.42. The lowest BCUT2D eigenvalue weighted by Gasteiger charge is -2.32. The third-order valence-corrected chi connectivity index (χ3v) is 5.13. The van der Waals surface area contributed by atoms with Crippen LogP contribution in [0.25, 0.3) is 0 Å². The van der Waals surface area contributed by atoms with Crippen LogP contribution in [0, 0.1) is 0 Å². The quantitative estimate of drug-likeness (QED) is 0.619. The number of sulfonamides is 1. The zero-order valence-corrected chi connectivity index (χ0v) is 12.5. The van der Waals surface area contributed by atoms with Gasteiger partial charge in [-0.15, -0.1) is 0 Å². The molecule has 1 aliphatic heterocycles. The van der Waals surface area contributed by atoms with E-state index < -0.39 is 22.0 Å². The Morgan fingerprint density at radius 2 is 2.19 bits per heavy atom. The van der Waals surface area contributed by atoms with Crippen molar-refractivity contribution in [2.75, 3.05) is 32.6 Å². The normalized spacial score (nSPS) is 20.1. The molecule has 0 aromatic heterocycles. The number of nitrogens with two attached hydrogens (primary N) is 1. The Balaban J connectivity index is 2.24. The number of para-hydroxylation sites is 1. The van der Waals surface area contributed by atoms with Crippen LogP contribution in [-0.4, -0.2) is 51.6 Å². The zero-order valence-electron chi connectivity index (χ0n) is 11.7. The molecule has 2 N–H and O–H groups in total. The summed E-state index contributed by atoms with van der Waals surface area (Å²) in [4.78, 5) is 11.7. The van der Waals surface area contributed by atoms with E-state index in [0.717, 1.165) is 4.31 Å². The van der Waals surface area contributed by atoms with Crippen molar-refractivity contribution in [2.24, 2.45) is 0 Å². The average Bonchev–Trinajstić information content (AvgIpc) is 2.48. The topological polar surface area (TPSA) is 98.9 Å². The summed E-state index contributed by atoms with van der Waals surface area (Å²) in [5, 5.41) is 0. The molecular weight excluding hydrogens is 296 g/mol. The van der Waals surface area contributed by atoms with Gasteiger partial charge in [0.05, 0.1) is 26.1 Å². The molecular formula is C13H18N2O5S. The van der Waals surface area contributed by atoms with Crippen molar-refractivity contribution in [1.29, 1.82) is 0 Å². The highest BCUT2D eigenvalue weighted by atomic mass is 32.2. The van der Waals surface area contributed by atoms with Crippen LogP contribution in [0.2, 0.25) is 0 Å². The number of hydrogen-bond acceptors (Lipinski definition) is 6. The first-order valence-corrected chi connectivity index (χ1v) is 8.05. The van der Waals surface area contributed by atoms with E-state index in [0.29, 0.717) is 11.3 Å². The highest BCUT2D eigenvalue weighted by Gasteiger charge is 2.38. The maximum Gasteiger partial charge on any atom is 0.326 e. The summed E-state index contributed by atoms with van der Waals surface area (Å²) >= 11 is 0. The molecule has 8 heteroatoms. The number of anilines is 1. The number of esters is 1. The summed E-state index contributed by atoms with van der Waals surface area (Å²) < 4.78 is 36.0. The zero-order chi connectivity index (χ0) is 15.5. The van der Waals surface area contributed by atoms with E-state index in [4.69, 9.17) is 10.5 Å². The molecule has 0 amide bonds. The lowest BCUT2D eigenvalue weighted by molar-refractivity contribution is -0.149. The van der Waals surface area contributed by atoms with E-state index in [1.165, 1.54) is 7.11 Å². The van der Waals surface area contributed by atoms with Crippen LogP contribution >= 0.6 is 0 Å². The van der Waals surface area contributed by atoms with Crippen LogP contribution in [0.4, 0.5) is 5.69 Å². The second-order valence-corrected chi connectivity index (χ2v) is 6.60. The molecule has 0 saturated carbocycles. The number of morpholine rings is 1. The molecule has 1 fully saturated rings. The van der Waals surface area contributed by atoms with Crippen LogP contribution in [0.1, 0.15) is 5.56 Å². The van der Waals surface area contributed by atoms with Crippen molar-refractivity contribution in [3.05, 3.63) is 29.8 Å². The van der Waals surface area contributed by atoms with Crippen molar-refractivity contribution in [2.45, 2.75) is 11.8 Å². The third-order valence-electron chi connectivity index (χ3n) is 3.30. The minimum Gasteiger partial charge on any atom is -0.468 e. The molecule has 1 atom stereocenters. The Morgan fingerprint density at radius 3 is 2.86 bits per heavy atom. The van der Waals surface area contributed by atoms with Crippen LogP contribution < -0.4 is 5.73 Å².